The number of amides is 1. The second-order valence-electron chi connectivity index (χ2n) is 8.38. The lowest BCUT2D eigenvalue weighted by molar-refractivity contribution is 0.0747. The average molecular weight is 474 g/mol. The summed E-state index contributed by atoms with van der Waals surface area (Å²) >= 11 is 0. The molecule has 0 spiro atoms. The molecule has 0 atom stereocenters. The Balaban J connectivity index is 1.63. The molecule has 0 bridgehead atoms. The first-order chi connectivity index (χ1) is 16.3. The van der Waals surface area contributed by atoms with E-state index in [-0.39, 0.29) is 22.4 Å². The first-order valence-electron chi connectivity index (χ1n) is 10.7. The molecule has 172 valence electrons. The zero-order chi connectivity index (χ0) is 24.0. The van der Waals surface area contributed by atoms with E-state index in [0.717, 1.165) is 11.1 Å². The highest BCUT2D eigenvalue weighted by molar-refractivity contribution is 7.89. The fourth-order valence-corrected chi connectivity index (χ4v) is 5.34. The number of nitrogen functional groups attached to an aromatic ring is 1. The summed E-state index contributed by atoms with van der Waals surface area (Å²) in [5.74, 6) is -0.238. The van der Waals surface area contributed by atoms with Crippen molar-refractivity contribution in [3.05, 3.63) is 83.6 Å². The Bertz CT molecular complexity index is 1520. The monoisotopic (exact) mass is 473 g/mol. The Morgan fingerprint density at radius 1 is 0.941 bits per heavy atom. The summed E-state index contributed by atoms with van der Waals surface area (Å²) in [6.45, 7) is 0.980. The van der Waals surface area contributed by atoms with Crippen LogP contribution < -0.4 is 5.73 Å². The molecular weight excluding hydrogens is 450 g/mol. The molecule has 9 heteroatoms. The van der Waals surface area contributed by atoms with E-state index in [0.29, 0.717) is 35.1 Å². The molecule has 0 saturated heterocycles. The maximum atomic E-state index is 13.5. The lowest BCUT2D eigenvalue weighted by Gasteiger charge is -2.17. The summed E-state index contributed by atoms with van der Waals surface area (Å²) < 4.78 is 27.0. The van der Waals surface area contributed by atoms with E-state index >= 15 is 0 Å². The number of hydrogen-bond acceptors (Lipinski definition) is 6. The molecule has 1 aromatic heterocycles. The van der Waals surface area contributed by atoms with Gasteiger partial charge in [0, 0.05) is 38.1 Å². The number of anilines is 1. The molecular formula is C25H23N5O3S. The summed E-state index contributed by atoms with van der Waals surface area (Å²) in [5, 5.41) is 0.518. The maximum Gasteiger partial charge on any atom is 0.273 e. The van der Waals surface area contributed by atoms with Crippen LogP contribution in [0.4, 0.5) is 5.95 Å². The van der Waals surface area contributed by atoms with Crippen LogP contribution in [-0.4, -0.2) is 47.6 Å². The molecule has 1 amide bonds. The second-order valence-corrected chi connectivity index (χ2v) is 10.5. The summed E-state index contributed by atoms with van der Waals surface area (Å²) in [6.07, 6.45) is 0. The van der Waals surface area contributed by atoms with Gasteiger partial charge in [0.2, 0.25) is 16.0 Å². The van der Waals surface area contributed by atoms with Gasteiger partial charge in [0.05, 0.1) is 10.4 Å². The molecule has 5 rings (SSSR count). The first kappa shape index (κ1) is 22.0. The number of hydrogen-bond donors (Lipinski definition) is 1. The predicted molar refractivity (Wildman–Crippen MR) is 130 cm³/mol. The average Bonchev–Trinajstić information content (AvgIpc) is 3.27. The standard InChI is InChI=1S/C25H23N5O3S/c1-29(2)34(32,33)22-10-6-5-9-19(22)16-11-12-21-20(13-16)23(28-25(26)27-21)24(31)30-14-17-7-3-4-8-18(17)15-30/h3-13H,14-15H2,1-2H3,(H2,26,27,28). The number of aromatic nitrogens is 2. The lowest BCUT2D eigenvalue weighted by atomic mass is 10.0. The van der Waals surface area contributed by atoms with E-state index in [9.17, 15) is 13.2 Å². The molecule has 8 nitrogen and oxygen atoms in total. The van der Waals surface area contributed by atoms with Crippen molar-refractivity contribution in [1.82, 2.24) is 19.2 Å². The number of benzene rings is 3. The molecule has 1 aliphatic heterocycles. The van der Waals surface area contributed by atoms with Gasteiger partial charge in [-0.05, 0) is 34.9 Å². The summed E-state index contributed by atoms with van der Waals surface area (Å²) in [6, 6.07) is 20.0. The van der Waals surface area contributed by atoms with Crippen molar-refractivity contribution in [2.24, 2.45) is 0 Å². The van der Waals surface area contributed by atoms with E-state index < -0.39 is 10.0 Å². The summed E-state index contributed by atoms with van der Waals surface area (Å²) in [7, 11) is -0.691. The quantitative estimate of drug-likeness (QED) is 0.487. The molecule has 2 N–H and O–H groups in total. The minimum atomic E-state index is -3.68. The van der Waals surface area contributed by atoms with Gasteiger partial charge in [-0.25, -0.2) is 22.7 Å². The van der Waals surface area contributed by atoms with Gasteiger partial charge in [-0.1, -0.05) is 48.5 Å². The Hall–Kier alpha value is -3.82. The SMILES string of the molecule is CN(C)S(=O)(=O)c1ccccc1-c1ccc2nc(N)nc(C(=O)N3Cc4ccccc4C3)c2c1. The van der Waals surface area contributed by atoms with E-state index in [1.165, 1.54) is 18.4 Å². The number of nitrogens with zero attached hydrogens (tertiary/aromatic N) is 4. The highest BCUT2D eigenvalue weighted by Gasteiger charge is 2.27. The van der Waals surface area contributed by atoms with Crippen LogP contribution in [0.1, 0.15) is 21.6 Å². The molecule has 4 aromatic rings. The number of carbonyl (C=O) groups is 1. The van der Waals surface area contributed by atoms with Gasteiger partial charge in [0.1, 0.15) is 5.69 Å². The number of nitrogens with two attached hydrogens (primary N) is 1. The van der Waals surface area contributed by atoms with Crippen molar-refractivity contribution >= 4 is 32.8 Å². The normalized spacial score (nSPS) is 13.4. The van der Waals surface area contributed by atoms with Crippen LogP contribution in [0.3, 0.4) is 0 Å². The predicted octanol–water partition coefficient (Wildman–Crippen LogP) is 3.29. The topological polar surface area (TPSA) is 109 Å². The van der Waals surface area contributed by atoms with Gasteiger partial charge < -0.3 is 10.6 Å². The number of fused-ring (bicyclic) bond motifs is 2. The summed E-state index contributed by atoms with van der Waals surface area (Å²) in [5.41, 5.74) is 10.0. The van der Waals surface area contributed by atoms with Gasteiger partial charge in [-0.3, -0.25) is 4.79 Å². The van der Waals surface area contributed by atoms with Gasteiger partial charge >= 0.3 is 0 Å². The molecule has 1 aliphatic rings. The van der Waals surface area contributed by atoms with Crippen molar-refractivity contribution in [3.8, 4) is 11.1 Å². The van der Waals surface area contributed by atoms with Gasteiger partial charge in [-0.15, -0.1) is 0 Å². The van der Waals surface area contributed by atoms with Crippen LogP contribution in [0.25, 0.3) is 22.0 Å². The highest BCUT2D eigenvalue weighted by Crippen LogP contribution is 2.32. The zero-order valence-electron chi connectivity index (χ0n) is 18.8. The third kappa shape index (κ3) is 3.68. The molecule has 0 unspecified atom stereocenters. The van der Waals surface area contributed by atoms with E-state index in [1.807, 2.05) is 24.3 Å². The second kappa shape index (κ2) is 8.19. The molecule has 0 saturated carbocycles. The molecule has 0 radical (unpaired) electrons. The fraction of sp³-hybridized carbons (Fsp3) is 0.160. The Kier molecular flexibility index (Phi) is 5.30. The van der Waals surface area contributed by atoms with Crippen molar-refractivity contribution < 1.29 is 13.2 Å². The summed E-state index contributed by atoms with van der Waals surface area (Å²) in [4.78, 5) is 24.0. The highest BCUT2D eigenvalue weighted by atomic mass is 32.2. The Labute approximate surface area is 197 Å². The molecule has 2 heterocycles. The Morgan fingerprint density at radius 2 is 1.59 bits per heavy atom. The third-order valence-corrected chi connectivity index (χ3v) is 7.87. The molecule has 34 heavy (non-hydrogen) atoms. The van der Waals surface area contributed by atoms with Crippen LogP contribution in [0.15, 0.2) is 71.6 Å². The van der Waals surface area contributed by atoms with Crippen LogP contribution in [0.2, 0.25) is 0 Å². The zero-order valence-corrected chi connectivity index (χ0v) is 19.6. The van der Waals surface area contributed by atoms with Crippen LogP contribution >= 0.6 is 0 Å². The van der Waals surface area contributed by atoms with E-state index in [4.69, 9.17) is 5.73 Å². The lowest BCUT2D eigenvalue weighted by Crippen LogP contribution is -2.27. The molecule has 0 aliphatic carbocycles. The van der Waals surface area contributed by atoms with E-state index in [2.05, 4.69) is 9.97 Å². The third-order valence-electron chi connectivity index (χ3n) is 6.00. The minimum Gasteiger partial charge on any atom is -0.368 e. The number of sulfonamides is 1. The minimum absolute atomic E-state index is 0.0101. The van der Waals surface area contributed by atoms with Crippen molar-refractivity contribution in [2.45, 2.75) is 18.0 Å². The van der Waals surface area contributed by atoms with E-state index in [1.54, 1.807) is 47.4 Å². The maximum absolute atomic E-state index is 13.5. The largest absolute Gasteiger partial charge is 0.368 e. The smallest absolute Gasteiger partial charge is 0.273 e. The van der Waals surface area contributed by atoms with Crippen molar-refractivity contribution in [1.29, 1.82) is 0 Å². The molecule has 3 aromatic carbocycles. The Morgan fingerprint density at radius 3 is 2.26 bits per heavy atom. The van der Waals surface area contributed by atoms with Crippen molar-refractivity contribution in [3.63, 3.8) is 0 Å². The first-order valence-corrected chi connectivity index (χ1v) is 12.1. The number of rotatable bonds is 4. The van der Waals surface area contributed by atoms with Crippen LogP contribution in [-0.2, 0) is 23.1 Å². The van der Waals surface area contributed by atoms with Gasteiger partial charge in [0.25, 0.3) is 5.91 Å². The van der Waals surface area contributed by atoms with Gasteiger partial charge in [0.15, 0.2) is 0 Å². The number of carbonyl (C=O) groups excluding carboxylic acids is 1. The molecule has 0 fully saturated rings. The van der Waals surface area contributed by atoms with Crippen LogP contribution in [0, 0.1) is 0 Å². The van der Waals surface area contributed by atoms with Crippen LogP contribution in [0.5, 0.6) is 0 Å². The fourth-order valence-electron chi connectivity index (χ4n) is 4.23. The van der Waals surface area contributed by atoms with Crippen molar-refractivity contribution in [2.75, 3.05) is 19.8 Å². The van der Waals surface area contributed by atoms with Gasteiger partial charge in [-0.2, -0.15) is 0 Å².